The Balaban J connectivity index is 1.23. The molecule has 200 valence electrons. The van der Waals surface area contributed by atoms with Crippen molar-refractivity contribution in [2.75, 3.05) is 13.1 Å². The van der Waals surface area contributed by atoms with Gasteiger partial charge in [-0.2, -0.15) is 13.2 Å². The van der Waals surface area contributed by atoms with E-state index in [0.717, 1.165) is 36.6 Å². The number of hydrogen-bond acceptors (Lipinski definition) is 2. The van der Waals surface area contributed by atoms with Gasteiger partial charge in [0.2, 0.25) is 5.91 Å². The predicted molar refractivity (Wildman–Crippen MR) is 134 cm³/mol. The van der Waals surface area contributed by atoms with Crippen molar-refractivity contribution in [3.8, 4) is 0 Å². The second-order valence-electron chi connectivity index (χ2n) is 10.4. The third-order valence-electron chi connectivity index (χ3n) is 7.87. The Morgan fingerprint density at radius 3 is 2.13 bits per heavy atom. The molecule has 3 aromatic rings. The van der Waals surface area contributed by atoms with Crippen LogP contribution < -0.4 is 5.32 Å². The molecule has 38 heavy (non-hydrogen) atoms. The Labute approximate surface area is 218 Å². The molecule has 8 heteroatoms. The van der Waals surface area contributed by atoms with Crippen LogP contribution in [-0.2, 0) is 17.5 Å². The van der Waals surface area contributed by atoms with Crippen LogP contribution in [0.3, 0.4) is 0 Å². The van der Waals surface area contributed by atoms with Crippen molar-refractivity contribution in [1.29, 1.82) is 0 Å². The van der Waals surface area contributed by atoms with Gasteiger partial charge in [0.1, 0.15) is 11.6 Å². The molecule has 1 aliphatic heterocycles. The number of benzene rings is 3. The van der Waals surface area contributed by atoms with E-state index in [9.17, 15) is 26.7 Å². The van der Waals surface area contributed by atoms with Crippen LogP contribution in [0.2, 0.25) is 0 Å². The van der Waals surface area contributed by atoms with Crippen LogP contribution in [0, 0.1) is 23.5 Å². The number of likely N-dealkylation sites (tertiary alicyclic amines) is 1. The van der Waals surface area contributed by atoms with E-state index in [1.807, 2.05) is 0 Å². The zero-order valence-electron chi connectivity index (χ0n) is 20.7. The van der Waals surface area contributed by atoms with Crippen molar-refractivity contribution in [3.63, 3.8) is 0 Å². The number of alkyl halides is 3. The number of carbonyl (C=O) groups is 1. The SMILES string of the molecule is O=C(CC(c1ccc(F)cc1)c1ccc(F)cc1)N[C@@H]1CC[C@H]2CN(Cc3cccc(C(F)(F)F)c3)C[C@H]21. The molecule has 0 aromatic heterocycles. The monoisotopic (exact) mass is 528 g/mol. The number of nitrogens with one attached hydrogen (secondary N) is 1. The van der Waals surface area contributed by atoms with Crippen LogP contribution in [0.15, 0.2) is 72.8 Å². The van der Waals surface area contributed by atoms with Gasteiger partial charge in [-0.05, 0) is 71.7 Å². The summed E-state index contributed by atoms with van der Waals surface area (Å²) in [6.45, 7) is 1.95. The van der Waals surface area contributed by atoms with Gasteiger partial charge >= 0.3 is 6.18 Å². The molecule has 1 saturated carbocycles. The van der Waals surface area contributed by atoms with Gasteiger partial charge in [-0.15, -0.1) is 0 Å². The Bertz CT molecular complexity index is 1210. The van der Waals surface area contributed by atoms with E-state index in [0.29, 0.717) is 24.6 Å². The maximum Gasteiger partial charge on any atom is 0.416 e. The van der Waals surface area contributed by atoms with Crippen LogP contribution in [-0.4, -0.2) is 29.9 Å². The van der Waals surface area contributed by atoms with E-state index in [1.54, 1.807) is 30.3 Å². The number of carbonyl (C=O) groups excluding carboxylic acids is 1. The number of nitrogens with zero attached hydrogens (tertiary/aromatic N) is 1. The zero-order chi connectivity index (χ0) is 26.9. The molecule has 3 aromatic carbocycles. The van der Waals surface area contributed by atoms with Crippen LogP contribution in [0.25, 0.3) is 0 Å². The lowest BCUT2D eigenvalue weighted by Crippen LogP contribution is -2.40. The quantitative estimate of drug-likeness (QED) is 0.354. The van der Waals surface area contributed by atoms with Gasteiger partial charge in [-0.25, -0.2) is 8.78 Å². The smallest absolute Gasteiger partial charge is 0.353 e. The normalized spacial score (nSPS) is 21.6. The van der Waals surface area contributed by atoms with E-state index in [-0.39, 0.29) is 41.8 Å². The van der Waals surface area contributed by atoms with Gasteiger partial charge in [0, 0.05) is 38.0 Å². The minimum absolute atomic E-state index is 0.0129. The summed E-state index contributed by atoms with van der Waals surface area (Å²) in [5, 5.41) is 3.19. The molecule has 0 spiro atoms. The lowest BCUT2D eigenvalue weighted by atomic mass is 9.88. The third kappa shape index (κ3) is 6.07. The van der Waals surface area contributed by atoms with Gasteiger partial charge in [0.05, 0.1) is 5.56 Å². The maximum absolute atomic E-state index is 13.5. The standard InChI is InChI=1S/C30H29F5N2O/c31-24-9-4-20(5-10-24)26(21-6-11-25(32)12-7-21)15-29(38)36-28-13-8-22-17-37(18-27(22)28)16-19-2-1-3-23(14-19)30(33,34)35/h1-7,9-12,14,22,26-28H,8,13,15-18H2,(H,36,38)/t22-,27+,28+/m0/s1. The molecule has 1 heterocycles. The van der Waals surface area contributed by atoms with Crippen molar-refractivity contribution in [2.24, 2.45) is 11.8 Å². The Hall–Kier alpha value is -3.26. The zero-order valence-corrected chi connectivity index (χ0v) is 20.7. The topological polar surface area (TPSA) is 32.3 Å². The molecular formula is C30H29F5N2O. The first-order chi connectivity index (χ1) is 18.2. The van der Waals surface area contributed by atoms with Gasteiger partial charge in [-0.1, -0.05) is 42.5 Å². The van der Waals surface area contributed by atoms with Gasteiger partial charge in [0.25, 0.3) is 0 Å². The Morgan fingerprint density at radius 1 is 0.895 bits per heavy atom. The molecule has 1 amide bonds. The number of rotatable bonds is 7. The highest BCUT2D eigenvalue weighted by Gasteiger charge is 2.43. The fourth-order valence-corrected chi connectivity index (χ4v) is 6.04. The van der Waals surface area contributed by atoms with Crippen molar-refractivity contribution < 1.29 is 26.7 Å². The summed E-state index contributed by atoms with van der Waals surface area (Å²) in [5.41, 5.74) is 1.52. The first kappa shape index (κ1) is 26.4. The second-order valence-corrected chi connectivity index (χ2v) is 10.4. The summed E-state index contributed by atoms with van der Waals surface area (Å²) in [6, 6.07) is 17.4. The number of amides is 1. The minimum Gasteiger partial charge on any atom is -0.353 e. The summed E-state index contributed by atoms with van der Waals surface area (Å²) >= 11 is 0. The van der Waals surface area contributed by atoms with Crippen molar-refractivity contribution in [3.05, 3.63) is 107 Å². The summed E-state index contributed by atoms with van der Waals surface area (Å²) in [6.07, 6.45) is -2.42. The minimum atomic E-state index is -4.37. The summed E-state index contributed by atoms with van der Waals surface area (Å²) in [7, 11) is 0. The molecular weight excluding hydrogens is 499 g/mol. The molecule has 0 bridgehead atoms. The maximum atomic E-state index is 13.5. The molecule has 3 nitrogen and oxygen atoms in total. The molecule has 1 aliphatic carbocycles. The Kier molecular flexibility index (Phi) is 7.52. The molecule has 1 N–H and O–H groups in total. The lowest BCUT2D eigenvalue weighted by molar-refractivity contribution is -0.137. The van der Waals surface area contributed by atoms with E-state index < -0.39 is 11.7 Å². The summed E-state index contributed by atoms with van der Waals surface area (Å²) in [5.74, 6) is -0.608. The van der Waals surface area contributed by atoms with Crippen molar-refractivity contribution in [2.45, 2.75) is 43.9 Å². The van der Waals surface area contributed by atoms with E-state index in [1.165, 1.54) is 36.4 Å². The van der Waals surface area contributed by atoms with E-state index in [2.05, 4.69) is 10.2 Å². The molecule has 3 atom stereocenters. The number of hydrogen-bond donors (Lipinski definition) is 1. The van der Waals surface area contributed by atoms with Crippen molar-refractivity contribution >= 4 is 5.91 Å². The van der Waals surface area contributed by atoms with Crippen LogP contribution >= 0.6 is 0 Å². The third-order valence-corrected chi connectivity index (χ3v) is 7.87. The highest BCUT2D eigenvalue weighted by atomic mass is 19.4. The average Bonchev–Trinajstić information content (AvgIpc) is 3.44. The molecule has 2 aliphatic rings. The second kappa shape index (κ2) is 10.8. The van der Waals surface area contributed by atoms with Gasteiger partial charge in [0.15, 0.2) is 0 Å². The van der Waals surface area contributed by atoms with E-state index >= 15 is 0 Å². The fourth-order valence-electron chi connectivity index (χ4n) is 6.04. The summed E-state index contributed by atoms with van der Waals surface area (Å²) < 4.78 is 66.3. The first-order valence-electron chi connectivity index (χ1n) is 12.8. The highest BCUT2D eigenvalue weighted by molar-refractivity contribution is 5.78. The highest BCUT2D eigenvalue weighted by Crippen LogP contribution is 2.39. The largest absolute Gasteiger partial charge is 0.416 e. The van der Waals surface area contributed by atoms with Gasteiger partial charge < -0.3 is 5.32 Å². The first-order valence-corrected chi connectivity index (χ1v) is 12.8. The molecule has 0 radical (unpaired) electrons. The summed E-state index contributed by atoms with van der Waals surface area (Å²) in [4.78, 5) is 15.4. The average molecular weight is 529 g/mol. The van der Waals surface area contributed by atoms with Gasteiger partial charge in [-0.3, -0.25) is 9.69 Å². The van der Waals surface area contributed by atoms with Crippen LogP contribution in [0.5, 0.6) is 0 Å². The molecule has 5 rings (SSSR count). The fraction of sp³-hybridized carbons (Fsp3) is 0.367. The molecule has 2 fully saturated rings. The number of halogens is 5. The van der Waals surface area contributed by atoms with Crippen molar-refractivity contribution in [1.82, 2.24) is 10.2 Å². The van der Waals surface area contributed by atoms with Crippen LogP contribution in [0.4, 0.5) is 22.0 Å². The predicted octanol–water partition coefficient (Wildman–Crippen LogP) is 6.53. The van der Waals surface area contributed by atoms with E-state index in [4.69, 9.17) is 0 Å². The Morgan fingerprint density at radius 2 is 1.53 bits per heavy atom. The molecule has 0 unspecified atom stereocenters. The van der Waals surface area contributed by atoms with Crippen LogP contribution in [0.1, 0.15) is 47.4 Å². The lowest BCUT2D eigenvalue weighted by Gasteiger charge is -2.24. The molecule has 1 saturated heterocycles. The number of fused-ring (bicyclic) bond motifs is 1.